The monoisotopic (exact) mass is 1130 g/mol. The number of carbonyl (C=O) groups excluding carboxylic acids is 2. The molecular weight excluding hydrogens is 1060 g/mol. The van der Waals surface area contributed by atoms with Crippen molar-refractivity contribution in [2.75, 3.05) is 99.3 Å². The molecule has 6 atom stereocenters. The van der Waals surface area contributed by atoms with E-state index in [1.54, 1.807) is 12.2 Å². The number of fused-ring (bicyclic) bond motifs is 6. The third-order valence-electron chi connectivity index (χ3n) is 19.3. The van der Waals surface area contributed by atoms with Crippen LogP contribution in [0.3, 0.4) is 0 Å². The van der Waals surface area contributed by atoms with Crippen molar-refractivity contribution in [2.24, 2.45) is 23.7 Å². The molecule has 0 N–H and O–H groups in total. The van der Waals surface area contributed by atoms with Gasteiger partial charge in [0.2, 0.25) is 0 Å². The zero-order valence-corrected chi connectivity index (χ0v) is 48.8. The lowest BCUT2D eigenvalue weighted by Gasteiger charge is -2.35. The topological polar surface area (TPSA) is 124 Å². The molecule has 6 aliphatic heterocycles. The average molecular weight is 1130 g/mol. The molecule has 1 saturated carbocycles. The summed E-state index contributed by atoms with van der Waals surface area (Å²) < 4.78 is 13.3. The third-order valence-corrected chi connectivity index (χ3v) is 19.9. The first-order valence-corrected chi connectivity index (χ1v) is 30.4. The molecule has 0 amide bonds. The van der Waals surface area contributed by atoms with Gasteiger partial charge < -0.3 is 34.0 Å². The number of likely N-dealkylation sites (N-methyl/N-ethyl adjacent to an activating group) is 1. The maximum absolute atomic E-state index is 14.5. The fraction of sp³-hybridized carbons (Fsp3) is 0.477. The molecular formula is C65H74Cl2N10O4. The maximum Gasteiger partial charge on any atom is 0.318 e. The fourth-order valence-corrected chi connectivity index (χ4v) is 15.4. The number of anilines is 4. The number of allylic oxidation sites excluding steroid dienone is 3. The molecule has 422 valence electrons. The van der Waals surface area contributed by atoms with E-state index in [1.807, 2.05) is 44.3 Å². The van der Waals surface area contributed by atoms with Crippen molar-refractivity contribution in [3.05, 3.63) is 129 Å². The summed E-state index contributed by atoms with van der Waals surface area (Å²) in [6, 6.07) is 26.0. The number of likely N-dealkylation sites (tertiary alicyclic amines) is 1. The first kappa shape index (κ1) is 54.0. The van der Waals surface area contributed by atoms with Gasteiger partial charge in [0.25, 0.3) is 0 Å². The van der Waals surface area contributed by atoms with Crippen molar-refractivity contribution in [2.45, 2.75) is 96.3 Å². The molecule has 0 spiro atoms. The van der Waals surface area contributed by atoms with Crippen molar-refractivity contribution in [1.82, 2.24) is 29.7 Å². The van der Waals surface area contributed by atoms with Gasteiger partial charge in [-0.15, -0.1) is 0 Å². The van der Waals surface area contributed by atoms with E-state index in [0.717, 1.165) is 162 Å². The van der Waals surface area contributed by atoms with Gasteiger partial charge in [-0.3, -0.25) is 14.5 Å². The van der Waals surface area contributed by atoms with E-state index in [2.05, 4.69) is 91.9 Å². The molecule has 13 rings (SSSR count). The van der Waals surface area contributed by atoms with E-state index in [0.29, 0.717) is 63.2 Å². The summed E-state index contributed by atoms with van der Waals surface area (Å²) in [6.07, 6.45) is 13.6. The molecule has 4 saturated heterocycles. The summed E-state index contributed by atoms with van der Waals surface area (Å²) >= 11 is 13.7. The van der Waals surface area contributed by atoms with Crippen molar-refractivity contribution >= 4 is 79.3 Å². The Hall–Kier alpha value is -6.32. The molecule has 5 fully saturated rings. The minimum atomic E-state index is -0.182. The van der Waals surface area contributed by atoms with Gasteiger partial charge >= 0.3 is 12.0 Å². The maximum atomic E-state index is 14.5. The standard InChI is InChI=1S/C65H74Cl2N10O4/c1-5-12-46(78)22-29-73(4)61-48-24-30-74(55-20-8-15-42-13-6-18-51(66)58(42)55)37-53(48)69-64(70-61)81-40-65-26-11-28-77(65)35-44(34-65)41(2)33-57(79)60-47-23-32-76(36-50(47)60)62-49-25-31-75(56-21-9-16-43-14-7-19-52(67)59(43)56)38-54(49)68-63(71-62)80-39-45-17-10-27-72(45)3/h5-9,12-16,18-21,33,44-45,47,50,60H,10-11,17,22-32,34-40H2,1-4H3/b12-5+,41-33-/t44?,45-,47?,50?,60?,65?/m0/s1. The van der Waals surface area contributed by atoms with E-state index >= 15 is 0 Å². The van der Waals surface area contributed by atoms with Crippen molar-refractivity contribution in [3.8, 4) is 12.0 Å². The van der Waals surface area contributed by atoms with E-state index in [9.17, 15) is 9.59 Å². The van der Waals surface area contributed by atoms with Crippen molar-refractivity contribution in [3.63, 3.8) is 0 Å². The summed E-state index contributed by atoms with van der Waals surface area (Å²) in [6.45, 7) is 13.0. The largest absolute Gasteiger partial charge is 0.462 e. The number of halogens is 2. The third kappa shape index (κ3) is 10.5. The van der Waals surface area contributed by atoms with Crippen molar-refractivity contribution in [1.29, 1.82) is 0 Å². The Balaban J connectivity index is 0.699. The highest BCUT2D eigenvalue weighted by atomic mass is 35.5. The number of ketones is 2. The molecule has 2 aromatic heterocycles. The van der Waals surface area contributed by atoms with Gasteiger partial charge in [-0.1, -0.05) is 83.4 Å². The molecule has 6 aromatic rings. The van der Waals surface area contributed by atoms with Crippen LogP contribution in [-0.2, 0) is 35.5 Å². The normalized spacial score (nSPS) is 24.6. The molecule has 7 aliphatic rings. The number of hydrogen-bond donors (Lipinski definition) is 0. The predicted octanol–water partition coefficient (Wildman–Crippen LogP) is 11.0. The second kappa shape index (κ2) is 22.4. The van der Waals surface area contributed by atoms with Gasteiger partial charge in [-0.2, -0.15) is 19.9 Å². The highest BCUT2D eigenvalue weighted by Crippen LogP contribution is 2.54. The number of carbonyl (C=O) groups is 2. The molecule has 81 heavy (non-hydrogen) atoms. The number of aromatic nitrogens is 4. The summed E-state index contributed by atoms with van der Waals surface area (Å²) in [4.78, 5) is 62.1. The molecule has 16 heteroatoms. The van der Waals surface area contributed by atoms with Gasteiger partial charge in [-0.05, 0) is 150 Å². The van der Waals surface area contributed by atoms with Gasteiger partial charge in [0.15, 0.2) is 11.6 Å². The Morgan fingerprint density at radius 3 is 2.10 bits per heavy atom. The molecule has 4 aromatic carbocycles. The first-order valence-electron chi connectivity index (χ1n) is 29.6. The van der Waals surface area contributed by atoms with Gasteiger partial charge in [0, 0.05) is 98.0 Å². The fourth-order valence-electron chi connectivity index (χ4n) is 14.8. The Labute approximate surface area is 486 Å². The Morgan fingerprint density at radius 1 is 0.753 bits per heavy atom. The number of rotatable bonds is 17. The number of benzene rings is 4. The average Bonchev–Trinajstić information content (AvgIpc) is 3.88. The van der Waals surface area contributed by atoms with Crippen LogP contribution in [0.4, 0.5) is 23.0 Å². The quantitative estimate of drug-likeness (QED) is 0.0805. The van der Waals surface area contributed by atoms with Crippen LogP contribution in [-0.4, -0.2) is 133 Å². The van der Waals surface area contributed by atoms with Crippen LogP contribution < -0.4 is 29.1 Å². The van der Waals surface area contributed by atoms with Gasteiger partial charge in [0.05, 0.1) is 40.1 Å². The minimum absolute atomic E-state index is 0.0181. The van der Waals surface area contributed by atoms with Gasteiger partial charge in [0.1, 0.15) is 24.8 Å². The minimum Gasteiger partial charge on any atom is -0.462 e. The van der Waals surface area contributed by atoms with Crippen LogP contribution in [0.5, 0.6) is 12.0 Å². The van der Waals surface area contributed by atoms with Crippen LogP contribution >= 0.6 is 23.2 Å². The summed E-state index contributed by atoms with van der Waals surface area (Å²) in [5.74, 6) is 3.08. The van der Waals surface area contributed by atoms with Crippen LogP contribution in [0.1, 0.15) is 81.3 Å². The first-order chi connectivity index (χ1) is 39.4. The Bertz CT molecular complexity index is 3470. The highest BCUT2D eigenvalue weighted by Gasteiger charge is 2.56. The molecule has 5 unspecified atom stereocenters. The van der Waals surface area contributed by atoms with E-state index in [-0.39, 0.29) is 34.9 Å². The second-order valence-electron chi connectivity index (χ2n) is 24.2. The summed E-state index contributed by atoms with van der Waals surface area (Å²) in [5, 5.41) is 5.81. The highest BCUT2D eigenvalue weighted by molar-refractivity contribution is 6.37. The van der Waals surface area contributed by atoms with E-state index < -0.39 is 0 Å². The zero-order valence-electron chi connectivity index (χ0n) is 47.3. The predicted molar refractivity (Wildman–Crippen MR) is 324 cm³/mol. The second-order valence-corrected chi connectivity index (χ2v) is 25.0. The summed E-state index contributed by atoms with van der Waals surface area (Å²) in [5.41, 5.74) is 7.39. The number of ether oxygens (including phenoxy) is 2. The molecule has 0 bridgehead atoms. The number of piperidine rings is 1. The van der Waals surface area contributed by atoms with Crippen LogP contribution in [0, 0.1) is 23.7 Å². The van der Waals surface area contributed by atoms with Gasteiger partial charge in [-0.25, -0.2) is 0 Å². The molecule has 1 aliphatic carbocycles. The molecule has 14 nitrogen and oxygen atoms in total. The zero-order chi connectivity index (χ0) is 55.5. The van der Waals surface area contributed by atoms with Crippen LogP contribution in [0.25, 0.3) is 21.5 Å². The number of nitrogens with zero attached hydrogens (tertiary/aromatic N) is 10. The molecule has 8 heterocycles. The van der Waals surface area contributed by atoms with Crippen LogP contribution in [0.15, 0.2) is 96.6 Å². The Kier molecular flexibility index (Phi) is 15.0. The lowest BCUT2D eigenvalue weighted by molar-refractivity contribution is -0.116. The van der Waals surface area contributed by atoms with E-state index in [1.165, 1.54) is 17.6 Å². The Morgan fingerprint density at radius 2 is 1.42 bits per heavy atom. The lowest BCUT2D eigenvalue weighted by atomic mass is 9.87. The SMILES string of the molecule is C/C=C/C(=O)CCN(C)c1nc(OCC23CCCN2CC(/C(C)=C\C(=O)C2C4CCN(c5nc(OC[C@@H]6CCCN6C)nc6c5CCN(c5cccc7cccc(Cl)c57)C6)CC42)C3)nc2c1CCN(c1cccc3cccc(Cl)c13)C2. The van der Waals surface area contributed by atoms with Crippen molar-refractivity contribution < 1.29 is 19.1 Å². The molecule has 0 radical (unpaired) electrons. The number of hydrogen-bond acceptors (Lipinski definition) is 14. The van der Waals surface area contributed by atoms with E-state index in [4.69, 9.17) is 52.6 Å². The smallest absolute Gasteiger partial charge is 0.318 e. The van der Waals surface area contributed by atoms with Crippen LogP contribution in [0.2, 0.25) is 10.0 Å². The lowest BCUT2D eigenvalue weighted by Crippen LogP contribution is -2.43. The summed E-state index contributed by atoms with van der Waals surface area (Å²) in [7, 11) is 4.19.